The Balaban J connectivity index is 2.77. The van der Waals surface area contributed by atoms with Gasteiger partial charge in [0.1, 0.15) is 0 Å². The standard InChI is InChI=1S/C12H17N3O3/c1-13(2)7-8-14(3)12(16)10-5-4-6-11(9-10)15(17)18/h4-6,9H,7-8H2,1-3H3. The van der Waals surface area contributed by atoms with Crippen molar-refractivity contribution in [1.29, 1.82) is 0 Å². The molecule has 1 aromatic rings. The first kappa shape index (κ1) is 14.1. The molecule has 6 heteroatoms. The maximum atomic E-state index is 12.0. The lowest BCUT2D eigenvalue weighted by molar-refractivity contribution is -0.384. The SMILES string of the molecule is CN(C)CCN(C)C(=O)c1cccc([N+](=O)[O-])c1. The minimum atomic E-state index is -0.503. The second-order valence-corrected chi connectivity index (χ2v) is 4.34. The van der Waals surface area contributed by atoms with Gasteiger partial charge in [-0.15, -0.1) is 0 Å². The fourth-order valence-corrected chi connectivity index (χ4v) is 1.42. The number of hydrogen-bond acceptors (Lipinski definition) is 4. The van der Waals surface area contributed by atoms with Gasteiger partial charge in [-0.3, -0.25) is 14.9 Å². The molecule has 0 heterocycles. The topological polar surface area (TPSA) is 66.7 Å². The number of rotatable bonds is 5. The zero-order valence-corrected chi connectivity index (χ0v) is 10.8. The third-order valence-electron chi connectivity index (χ3n) is 2.53. The lowest BCUT2D eigenvalue weighted by Gasteiger charge is -2.19. The van der Waals surface area contributed by atoms with E-state index in [4.69, 9.17) is 0 Å². The molecule has 0 atom stereocenters. The highest BCUT2D eigenvalue weighted by molar-refractivity contribution is 5.94. The van der Waals surface area contributed by atoms with Crippen LogP contribution in [0, 0.1) is 10.1 Å². The lowest BCUT2D eigenvalue weighted by Crippen LogP contribution is -2.33. The normalized spacial score (nSPS) is 10.4. The molecule has 0 fully saturated rings. The summed E-state index contributed by atoms with van der Waals surface area (Å²) >= 11 is 0. The molecule has 1 rings (SSSR count). The minimum Gasteiger partial charge on any atom is -0.340 e. The van der Waals surface area contributed by atoms with Crippen molar-refractivity contribution >= 4 is 11.6 Å². The van der Waals surface area contributed by atoms with E-state index in [9.17, 15) is 14.9 Å². The summed E-state index contributed by atoms with van der Waals surface area (Å²) in [6.45, 7) is 1.33. The molecule has 0 unspecified atom stereocenters. The predicted octanol–water partition coefficient (Wildman–Crippen LogP) is 1.23. The van der Waals surface area contributed by atoms with Crippen molar-refractivity contribution in [3.8, 4) is 0 Å². The van der Waals surface area contributed by atoms with E-state index >= 15 is 0 Å². The van der Waals surface area contributed by atoms with Gasteiger partial charge in [0, 0.05) is 37.8 Å². The molecule has 0 saturated heterocycles. The van der Waals surface area contributed by atoms with E-state index in [1.165, 1.54) is 18.2 Å². The molecule has 0 radical (unpaired) electrons. The van der Waals surface area contributed by atoms with Gasteiger partial charge in [-0.05, 0) is 20.2 Å². The van der Waals surface area contributed by atoms with E-state index in [1.54, 1.807) is 18.0 Å². The quantitative estimate of drug-likeness (QED) is 0.583. The number of nitro benzene ring substituents is 1. The predicted molar refractivity (Wildman–Crippen MR) is 68.6 cm³/mol. The molecular weight excluding hydrogens is 234 g/mol. The number of nitrogens with zero attached hydrogens (tertiary/aromatic N) is 3. The fraction of sp³-hybridized carbons (Fsp3) is 0.417. The van der Waals surface area contributed by atoms with Crippen LogP contribution in [0.4, 0.5) is 5.69 Å². The van der Waals surface area contributed by atoms with Gasteiger partial charge in [0.25, 0.3) is 11.6 Å². The molecule has 0 aliphatic rings. The van der Waals surface area contributed by atoms with E-state index < -0.39 is 4.92 Å². The molecule has 0 aliphatic heterocycles. The number of likely N-dealkylation sites (N-methyl/N-ethyl adjacent to an activating group) is 2. The van der Waals surface area contributed by atoms with Gasteiger partial charge < -0.3 is 9.80 Å². The molecule has 1 amide bonds. The Morgan fingerprint density at radius 3 is 2.50 bits per heavy atom. The third kappa shape index (κ3) is 3.81. The van der Waals surface area contributed by atoms with Gasteiger partial charge in [-0.25, -0.2) is 0 Å². The van der Waals surface area contributed by atoms with Crippen LogP contribution in [0.2, 0.25) is 0 Å². The lowest BCUT2D eigenvalue weighted by atomic mass is 10.2. The highest BCUT2D eigenvalue weighted by Crippen LogP contribution is 2.14. The molecule has 0 spiro atoms. The van der Waals surface area contributed by atoms with E-state index in [-0.39, 0.29) is 11.6 Å². The Bertz CT molecular complexity index is 446. The number of hydrogen-bond donors (Lipinski definition) is 0. The zero-order valence-electron chi connectivity index (χ0n) is 10.8. The monoisotopic (exact) mass is 251 g/mol. The van der Waals surface area contributed by atoms with Gasteiger partial charge in [-0.2, -0.15) is 0 Å². The molecular formula is C12H17N3O3. The molecule has 0 bridgehead atoms. The van der Waals surface area contributed by atoms with Crippen molar-refractivity contribution in [1.82, 2.24) is 9.80 Å². The van der Waals surface area contributed by atoms with Crippen LogP contribution >= 0.6 is 0 Å². The highest BCUT2D eigenvalue weighted by atomic mass is 16.6. The largest absolute Gasteiger partial charge is 0.340 e. The van der Waals surface area contributed by atoms with E-state index in [0.29, 0.717) is 12.1 Å². The van der Waals surface area contributed by atoms with Crippen LogP contribution in [0.1, 0.15) is 10.4 Å². The summed E-state index contributed by atoms with van der Waals surface area (Å²) in [5.74, 6) is -0.208. The van der Waals surface area contributed by atoms with Crippen LogP contribution in [0.5, 0.6) is 0 Å². The van der Waals surface area contributed by atoms with Gasteiger partial charge in [-0.1, -0.05) is 6.07 Å². The summed E-state index contributed by atoms with van der Waals surface area (Å²) in [6.07, 6.45) is 0. The maximum absolute atomic E-state index is 12.0. The Hall–Kier alpha value is -1.95. The van der Waals surface area contributed by atoms with E-state index in [0.717, 1.165) is 6.54 Å². The van der Waals surface area contributed by atoms with Gasteiger partial charge in [0.2, 0.25) is 0 Å². The molecule has 18 heavy (non-hydrogen) atoms. The van der Waals surface area contributed by atoms with Crippen molar-refractivity contribution in [3.63, 3.8) is 0 Å². The van der Waals surface area contributed by atoms with Crippen molar-refractivity contribution in [2.75, 3.05) is 34.2 Å². The van der Waals surface area contributed by atoms with E-state index in [1.807, 2.05) is 19.0 Å². The first-order valence-corrected chi connectivity index (χ1v) is 5.56. The summed E-state index contributed by atoms with van der Waals surface area (Å²) in [7, 11) is 5.53. The molecule has 0 saturated carbocycles. The Morgan fingerprint density at radius 2 is 1.94 bits per heavy atom. The third-order valence-corrected chi connectivity index (χ3v) is 2.53. The first-order chi connectivity index (χ1) is 8.41. The Morgan fingerprint density at radius 1 is 1.28 bits per heavy atom. The van der Waals surface area contributed by atoms with Crippen LogP contribution in [-0.2, 0) is 0 Å². The number of amides is 1. The minimum absolute atomic E-state index is 0.0677. The summed E-state index contributed by atoms with van der Waals surface area (Å²) in [5, 5.41) is 10.6. The average Bonchev–Trinajstić information content (AvgIpc) is 2.35. The number of carbonyl (C=O) groups excluding carboxylic acids is 1. The van der Waals surface area contributed by atoms with Gasteiger partial charge in [0.15, 0.2) is 0 Å². The molecule has 1 aromatic carbocycles. The number of benzene rings is 1. The molecule has 6 nitrogen and oxygen atoms in total. The molecule has 98 valence electrons. The van der Waals surface area contributed by atoms with Crippen LogP contribution in [0.15, 0.2) is 24.3 Å². The first-order valence-electron chi connectivity index (χ1n) is 5.56. The number of nitro groups is 1. The molecule has 0 aromatic heterocycles. The molecule has 0 N–H and O–H groups in total. The van der Waals surface area contributed by atoms with Gasteiger partial charge >= 0.3 is 0 Å². The van der Waals surface area contributed by atoms with Crippen molar-refractivity contribution in [2.45, 2.75) is 0 Å². The Kier molecular flexibility index (Phi) is 4.79. The summed E-state index contributed by atoms with van der Waals surface area (Å²) in [4.78, 5) is 25.7. The Labute approximate surface area is 106 Å². The van der Waals surface area contributed by atoms with Crippen LogP contribution in [0.3, 0.4) is 0 Å². The second-order valence-electron chi connectivity index (χ2n) is 4.34. The summed E-state index contributed by atoms with van der Waals surface area (Å²) in [6, 6.07) is 5.78. The summed E-state index contributed by atoms with van der Waals surface area (Å²) in [5.41, 5.74) is 0.271. The van der Waals surface area contributed by atoms with Crippen LogP contribution in [-0.4, -0.2) is 54.9 Å². The second kappa shape index (κ2) is 6.11. The van der Waals surface area contributed by atoms with Crippen molar-refractivity contribution < 1.29 is 9.72 Å². The zero-order chi connectivity index (χ0) is 13.7. The van der Waals surface area contributed by atoms with Crippen molar-refractivity contribution in [2.24, 2.45) is 0 Å². The fourth-order valence-electron chi connectivity index (χ4n) is 1.42. The highest BCUT2D eigenvalue weighted by Gasteiger charge is 2.14. The average molecular weight is 251 g/mol. The number of carbonyl (C=O) groups is 1. The van der Waals surface area contributed by atoms with E-state index in [2.05, 4.69) is 0 Å². The van der Waals surface area contributed by atoms with Crippen LogP contribution < -0.4 is 0 Å². The van der Waals surface area contributed by atoms with Crippen LogP contribution in [0.25, 0.3) is 0 Å². The van der Waals surface area contributed by atoms with Gasteiger partial charge in [0.05, 0.1) is 4.92 Å². The smallest absolute Gasteiger partial charge is 0.270 e. The summed E-state index contributed by atoms with van der Waals surface area (Å²) < 4.78 is 0. The van der Waals surface area contributed by atoms with Crippen molar-refractivity contribution in [3.05, 3.63) is 39.9 Å². The number of non-ortho nitro benzene ring substituents is 1. The molecule has 0 aliphatic carbocycles. The maximum Gasteiger partial charge on any atom is 0.270 e.